The molecular formula is C19H21N5O7. The third-order valence-electron chi connectivity index (χ3n) is 4.56. The molecule has 0 atom stereocenters. The van der Waals surface area contributed by atoms with Crippen molar-refractivity contribution in [2.45, 2.75) is 6.54 Å². The molecule has 2 heterocycles. The van der Waals surface area contributed by atoms with Crippen molar-refractivity contribution < 1.29 is 23.8 Å². The van der Waals surface area contributed by atoms with Crippen LogP contribution in [0.2, 0.25) is 0 Å². The molecular weight excluding hydrogens is 410 g/mol. The van der Waals surface area contributed by atoms with Crippen molar-refractivity contribution >= 4 is 28.7 Å². The van der Waals surface area contributed by atoms with E-state index in [4.69, 9.17) is 14.2 Å². The topological polar surface area (TPSA) is 136 Å². The summed E-state index contributed by atoms with van der Waals surface area (Å²) in [6, 6.07) is 4.83. The van der Waals surface area contributed by atoms with Crippen molar-refractivity contribution in [3.63, 3.8) is 0 Å². The molecule has 0 unspecified atom stereocenters. The molecule has 31 heavy (non-hydrogen) atoms. The highest BCUT2D eigenvalue weighted by Gasteiger charge is 2.17. The zero-order valence-corrected chi connectivity index (χ0v) is 17.4. The normalized spacial score (nSPS) is 10.7. The quantitative estimate of drug-likeness (QED) is 0.501. The van der Waals surface area contributed by atoms with Gasteiger partial charge >= 0.3 is 11.7 Å². The van der Waals surface area contributed by atoms with Crippen LogP contribution in [0.1, 0.15) is 0 Å². The Balaban J connectivity index is 1.67. The minimum atomic E-state index is -0.757. The summed E-state index contributed by atoms with van der Waals surface area (Å²) in [5.41, 5.74) is -0.516. The first-order valence-corrected chi connectivity index (χ1v) is 9.05. The molecule has 0 saturated heterocycles. The zero-order valence-electron chi connectivity index (χ0n) is 17.4. The van der Waals surface area contributed by atoms with Crippen LogP contribution in [0.25, 0.3) is 11.2 Å². The van der Waals surface area contributed by atoms with Crippen LogP contribution in [0, 0.1) is 0 Å². The van der Waals surface area contributed by atoms with Gasteiger partial charge in [0.05, 0.1) is 26.2 Å². The fourth-order valence-electron chi connectivity index (χ4n) is 2.94. The van der Waals surface area contributed by atoms with Crippen LogP contribution in [0.4, 0.5) is 5.69 Å². The molecule has 1 N–H and O–H groups in total. The average Bonchev–Trinajstić information content (AvgIpc) is 3.18. The summed E-state index contributed by atoms with van der Waals surface area (Å²) in [4.78, 5) is 52.7. The van der Waals surface area contributed by atoms with Gasteiger partial charge in [0.2, 0.25) is 0 Å². The minimum Gasteiger partial charge on any atom is -0.497 e. The summed E-state index contributed by atoms with van der Waals surface area (Å²) in [7, 11) is 5.75. The van der Waals surface area contributed by atoms with Gasteiger partial charge in [-0.3, -0.25) is 23.5 Å². The molecule has 0 fully saturated rings. The lowest BCUT2D eigenvalue weighted by Gasteiger charge is -2.12. The minimum absolute atomic E-state index is 0.0778. The summed E-state index contributed by atoms with van der Waals surface area (Å²) < 4.78 is 18.7. The number of rotatable bonds is 7. The number of ether oxygens (including phenoxy) is 3. The van der Waals surface area contributed by atoms with E-state index in [1.165, 1.54) is 43.8 Å². The fraction of sp³-hybridized carbons (Fsp3) is 0.316. The highest BCUT2D eigenvalue weighted by Crippen LogP contribution is 2.28. The molecule has 3 aromatic rings. The standard InChI is InChI=1S/C19H21N5O7/c1-22-17-16(18(27)23(2)19(22)28)24(10-20-17)8-15(26)31-9-14(25)21-12-6-5-11(29-3)7-13(12)30-4/h5-7,10H,8-9H2,1-4H3,(H,21,25). The number of benzene rings is 1. The van der Waals surface area contributed by atoms with Crippen molar-refractivity contribution in [1.82, 2.24) is 18.7 Å². The highest BCUT2D eigenvalue weighted by molar-refractivity contribution is 5.94. The maximum atomic E-state index is 12.4. The molecule has 0 radical (unpaired) electrons. The molecule has 0 aliphatic heterocycles. The van der Waals surface area contributed by atoms with Gasteiger partial charge in [-0.15, -0.1) is 0 Å². The van der Waals surface area contributed by atoms with E-state index in [-0.39, 0.29) is 17.7 Å². The van der Waals surface area contributed by atoms with Crippen LogP contribution in [0.15, 0.2) is 34.1 Å². The number of amides is 1. The zero-order chi connectivity index (χ0) is 22.7. The highest BCUT2D eigenvalue weighted by atomic mass is 16.5. The smallest absolute Gasteiger partial charge is 0.332 e. The molecule has 1 amide bonds. The van der Waals surface area contributed by atoms with Crippen molar-refractivity contribution in [2.75, 3.05) is 26.1 Å². The van der Waals surface area contributed by atoms with Gasteiger partial charge in [0.1, 0.15) is 18.0 Å². The molecule has 164 valence electrons. The summed E-state index contributed by atoms with van der Waals surface area (Å²) in [5.74, 6) is -0.402. The van der Waals surface area contributed by atoms with Crippen molar-refractivity contribution in [1.29, 1.82) is 0 Å². The summed E-state index contributed by atoms with van der Waals surface area (Å²) >= 11 is 0. The SMILES string of the molecule is COc1ccc(NC(=O)COC(=O)Cn2cnc3c2c(=O)n(C)c(=O)n3C)c(OC)c1. The van der Waals surface area contributed by atoms with E-state index in [1.807, 2.05) is 0 Å². The van der Waals surface area contributed by atoms with Crippen molar-refractivity contribution in [2.24, 2.45) is 14.1 Å². The lowest BCUT2D eigenvalue weighted by Crippen LogP contribution is -2.37. The first-order chi connectivity index (χ1) is 14.8. The molecule has 0 bridgehead atoms. The van der Waals surface area contributed by atoms with E-state index < -0.39 is 29.7 Å². The van der Waals surface area contributed by atoms with Crippen LogP contribution in [0.3, 0.4) is 0 Å². The van der Waals surface area contributed by atoms with Gasteiger partial charge in [-0.05, 0) is 12.1 Å². The maximum Gasteiger partial charge on any atom is 0.332 e. The first-order valence-electron chi connectivity index (χ1n) is 9.05. The van der Waals surface area contributed by atoms with Crippen LogP contribution < -0.4 is 26.0 Å². The molecule has 0 aliphatic carbocycles. The number of carbonyl (C=O) groups excluding carboxylic acids is 2. The molecule has 0 saturated carbocycles. The molecule has 12 nitrogen and oxygen atoms in total. The third-order valence-corrected chi connectivity index (χ3v) is 4.56. The Morgan fingerprint density at radius 3 is 2.52 bits per heavy atom. The van der Waals surface area contributed by atoms with E-state index in [2.05, 4.69) is 10.3 Å². The molecule has 12 heteroatoms. The molecule has 0 aliphatic rings. The maximum absolute atomic E-state index is 12.4. The van der Waals surface area contributed by atoms with E-state index >= 15 is 0 Å². The van der Waals surface area contributed by atoms with Crippen LogP contribution >= 0.6 is 0 Å². The molecule has 0 spiro atoms. The van der Waals surface area contributed by atoms with E-state index in [1.54, 1.807) is 18.2 Å². The van der Waals surface area contributed by atoms with E-state index in [0.717, 1.165) is 4.57 Å². The lowest BCUT2D eigenvalue weighted by molar-refractivity contribution is -0.147. The number of carbonyl (C=O) groups is 2. The number of methoxy groups -OCH3 is 2. The van der Waals surface area contributed by atoms with Crippen LogP contribution in [-0.2, 0) is 35.0 Å². The second-order valence-electron chi connectivity index (χ2n) is 6.53. The number of aromatic nitrogens is 4. The van der Waals surface area contributed by atoms with Gasteiger partial charge in [-0.25, -0.2) is 9.78 Å². The number of anilines is 1. The largest absolute Gasteiger partial charge is 0.497 e. The Morgan fingerprint density at radius 1 is 1.10 bits per heavy atom. The summed E-state index contributed by atoms with van der Waals surface area (Å²) in [5, 5.41) is 2.58. The van der Waals surface area contributed by atoms with Crippen molar-refractivity contribution in [3.05, 3.63) is 45.4 Å². The predicted octanol–water partition coefficient (Wildman–Crippen LogP) is -0.367. The van der Waals surface area contributed by atoms with Gasteiger partial charge in [0, 0.05) is 20.2 Å². The Morgan fingerprint density at radius 2 is 1.84 bits per heavy atom. The number of hydrogen-bond acceptors (Lipinski definition) is 8. The lowest BCUT2D eigenvalue weighted by atomic mass is 10.2. The Kier molecular flexibility index (Phi) is 6.09. The monoisotopic (exact) mass is 431 g/mol. The van der Waals surface area contributed by atoms with Crippen LogP contribution in [-0.4, -0.2) is 51.4 Å². The Labute approximate surface area is 175 Å². The summed E-state index contributed by atoms with van der Waals surface area (Å²) in [6.45, 7) is -0.903. The number of nitrogens with zero attached hydrogens (tertiary/aromatic N) is 4. The summed E-state index contributed by atoms with van der Waals surface area (Å²) in [6.07, 6.45) is 1.26. The third kappa shape index (κ3) is 4.27. The van der Waals surface area contributed by atoms with E-state index in [9.17, 15) is 19.2 Å². The number of aryl methyl sites for hydroxylation is 1. The Bertz CT molecular complexity index is 1270. The van der Waals surface area contributed by atoms with Gasteiger partial charge < -0.3 is 24.1 Å². The average molecular weight is 431 g/mol. The van der Waals surface area contributed by atoms with E-state index in [0.29, 0.717) is 17.2 Å². The molecule has 3 rings (SSSR count). The molecule has 2 aromatic heterocycles. The Hall–Kier alpha value is -4.09. The van der Waals surface area contributed by atoms with Crippen LogP contribution in [0.5, 0.6) is 11.5 Å². The number of nitrogens with one attached hydrogen (secondary N) is 1. The number of esters is 1. The second-order valence-corrected chi connectivity index (χ2v) is 6.53. The molecule has 1 aromatic carbocycles. The predicted molar refractivity (Wildman–Crippen MR) is 109 cm³/mol. The first kappa shape index (κ1) is 21.6. The van der Waals surface area contributed by atoms with Gasteiger partial charge in [0.15, 0.2) is 17.8 Å². The number of imidazole rings is 1. The number of hydrogen-bond donors (Lipinski definition) is 1. The van der Waals surface area contributed by atoms with Gasteiger partial charge in [-0.1, -0.05) is 0 Å². The number of fused-ring (bicyclic) bond motifs is 1. The second kappa shape index (κ2) is 8.73. The fourth-order valence-corrected chi connectivity index (χ4v) is 2.94. The van der Waals surface area contributed by atoms with Gasteiger partial charge in [0.25, 0.3) is 11.5 Å². The van der Waals surface area contributed by atoms with Crippen molar-refractivity contribution in [3.8, 4) is 11.5 Å². The van der Waals surface area contributed by atoms with Gasteiger partial charge in [-0.2, -0.15) is 0 Å².